The normalized spacial score (nSPS) is 13.5. The minimum atomic E-state index is -0.206. The third kappa shape index (κ3) is 4.12. The van der Waals surface area contributed by atoms with Gasteiger partial charge in [-0.2, -0.15) is 0 Å². The molecule has 0 saturated carbocycles. The zero-order valence-corrected chi connectivity index (χ0v) is 18.4. The van der Waals surface area contributed by atoms with Crippen LogP contribution in [0.4, 0.5) is 0 Å². The van der Waals surface area contributed by atoms with Crippen molar-refractivity contribution in [2.45, 2.75) is 13.5 Å². The molecule has 0 bridgehead atoms. The molecule has 0 radical (unpaired) electrons. The summed E-state index contributed by atoms with van der Waals surface area (Å²) in [5, 5.41) is 0. The first-order valence-corrected chi connectivity index (χ1v) is 10.1. The monoisotopic (exact) mass is 432 g/mol. The van der Waals surface area contributed by atoms with Gasteiger partial charge in [0.15, 0.2) is 17.3 Å². The molecule has 4 rings (SSSR count). The van der Waals surface area contributed by atoms with Gasteiger partial charge in [0, 0.05) is 17.7 Å². The van der Waals surface area contributed by atoms with Gasteiger partial charge in [0.05, 0.1) is 26.9 Å². The smallest absolute Gasteiger partial charge is 0.231 e. The SMILES string of the molecule is COc1cc(OC)c(OC)cc1/C=C1\Oc2cc(OCc3ccccc3C)ccc2C1=O. The number of ether oxygens (including phenoxy) is 5. The third-order valence-corrected chi connectivity index (χ3v) is 5.32. The van der Waals surface area contributed by atoms with E-state index in [0.29, 0.717) is 46.5 Å². The number of aryl methyl sites for hydroxylation is 1. The molecular weight excluding hydrogens is 408 g/mol. The number of allylic oxidation sites excluding steroid dienone is 1. The van der Waals surface area contributed by atoms with Crippen molar-refractivity contribution in [3.05, 3.63) is 82.6 Å². The van der Waals surface area contributed by atoms with Crippen LogP contribution in [0.5, 0.6) is 28.7 Å². The molecule has 0 unspecified atom stereocenters. The van der Waals surface area contributed by atoms with Crippen LogP contribution in [0, 0.1) is 6.92 Å². The largest absolute Gasteiger partial charge is 0.496 e. The number of hydrogen-bond donors (Lipinski definition) is 0. The second-order valence-electron chi connectivity index (χ2n) is 7.26. The molecule has 0 spiro atoms. The van der Waals surface area contributed by atoms with Crippen LogP contribution >= 0.6 is 0 Å². The van der Waals surface area contributed by atoms with Crippen LogP contribution in [-0.4, -0.2) is 27.1 Å². The molecule has 1 aliphatic heterocycles. The molecule has 0 N–H and O–H groups in total. The molecule has 1 aliphatic rings. The van der Waals surface area contributed by atoms with Gasteiger partial charge in [-0.3, -0.25) is 4.79 Å². The highest BCUT2D eigenvalue weighted by molar-refractivity contribution is 6.14. The summed E-state index contributed by atoms with van der Waals surface area (Å²) in [5.41, 5.74) is 3.39. The molecule has 0 aliphatic carbocycles. The molecule has 0 atom stereocenters. The molecule has 0 aromatic heterocycles. The highest BCUT2D eigenvalue weighted by atomic mass is 16.5. The van der Waals surface area contributed by atoms with Crippen molar-refractivity contribution in [1.82, 2.24) is 0 Å². The number of carbonyl (C=O) groups excluding carboxylic acids is 1. The summed E-state index contributed by atoms with van der Waals surface area (Å²) in [7, 11) is 4.65. The van der Waals surface area contributed by atoms with Crippen molar-refractivity contribution in [1.29, 1.82) is 0 Å². The van der Waals surface area contributed by atoms with E-state index < -0.39 is 0 Å². The van der Waals surface area contributed by atoms with Crippen LogP contribution in [0.3, 0.4) is 0 Å². The number of benzene rings is 3. The second kappa shape index (κ2) is 9.06. The summed E-state index contributed by atoms with van der Waals surface area (Å²) < 4.78 is 27.9. The fourth-order valence-electron chi connectivity index (χ4n) is 3.50. The summed E-state index contributed by atoms with van der Waals surface area (Å²) in [6.45, 7) is 2.48. The van der Waals surface area contributed by atoms with Crippen LogP contribution in [0.25, 0.3) is 6.08 Å². The average Bonchev–Trinajstić information content (AvgIpc) is 3.12. The molecule has 1 heterocycles. The van der Waals surface area contributed by atoms with E-state index in [4.69, 9.17) is 23.7 Å². The van der Waals surface area contributed by atoms with E-state index in [2.05, 4.69) is 0 Å². The number of carbonyl (C=O) groups is 1. The van der Waals surface area contributed by atoms with E-state index in [9.17, 15) is 4.79 Å². The molecule has 3 aromatic rings. The van der Waals surface area contributed by atoms with Crippen LogP contribution in [-0.2, 0) is 6.61 Å². The minimum Gasteiger partial charge on any atom is -0.496 e. The standard InChI is InChI=1S/C26H24O6/c1-16-7-5-6-8-17(16)15-31-19-9-10-20-22(13-19)32-25(26(20)27)12-18-11-23(29-3)24(30-4)14-21(18)28-2/h5-14H,15H2,1-4H3/b25-12-. The quantitative estimate of drug-likeness (QED) is 0.477. The number of ketones is 1. The first-order chi connectivity index (χ1) is 15.5. The molecule has 0 saturated heterocycles. The first kappa shape index (κ1) is 21.3. The highest BCUT2D eigenvalue weighted by Crippen LogP contribution is 2.39. The van der Waals surface area contributed by atoms with E-state index in [1.807, 2.05) is 31.2 Å². The van der Waals surface area contributed by atoms with Crippen molar-refractivity contribution in [3.8, 4) is 28.7 Å². The van der Waals surface area contributed by atoms with Crippen molar-refractivity contribution in [2.75, 3.05) is 21.3 Å². The Bertz CT molecular complexity index is 1190. The van der Waals surface area contributed by atoms with Crippen molar-refractivity contribution >= 4 is 11.9 Å². The third-order valence-electron chi connectivity index (χ3n) is 5.32. The van der Waals surface area contributed by atoms with Gasteiger partial charge in [-0.05, 0) is 42.3 Å². The number of fused-ring (bicyclic) bond motifs is 1. The molecular formula is C26H24O6. The Labute approximate surface area is 186 Å². The van der Waals surface area contributed by atoms with Gasteiger partial charge in [0.25, 0.3) is 0 Å². The lowest BCUT2D eigenvalue weighted by atomic mass is 10.1. The maximum absolute atomic E-state index is 12.9. The highest BCUT2D eigenvalue weighted by Gasteiger charge is 2.28. The molecule has 6 nitrogen and oxygen atoms in total. The van der Waals surface area contributed by atoms with Gasteiger partial charge in [0.1, 0.15) is 23.9 Å². The first-order valence-electron chi connectivity index (χ1n) is 10.1. The van der Waals surface area contributed by atoms with E-state index in [1.54, 1.807) is 57.7 Å². The zero-order valence-electron chi connectivity index (χ0n) is 18.4. The fraction of sp³-hybridized carbons (Fsp3) is 0.192. The molecule has 0 fully saturated rings. The molecule has 6 heteroatoms. The van der Waals surface area contributed by atoms with E-state index >= 15 is 0 Å². The lowest BCUT2D eigenvalue weighted by molar-refractivity contribution is 0.101. The van der Waals surface area contributed by atoms with Crippen molar-refractivity contribution < 1.29 is 28.5 Å². The maximum atomic E-state index is 12.9. The summed E-state index contributed by atoms with van der Waals surface area (Å²) in [4.78, 5) is 12.9. The van der Waals surface area contributed by atoms with Gasteiger partial charge in [-0.15, -0.1) is 0 Å². The zero-order chi connectivity index (χ0) is 22.7. The minimum absolute atomic E-state index is 0.196. The topological polar surface area (TPSA) is 63.2 Å². The fourth-order valence-corrected chi connectivity index (χ4v) is 3.50. The Morgan fingerprint density at radius 3 is 2.31 bits per heavy atom. The van der Waals surface area contributed by atoms with E-state index in [0.717, 1.165) is 11.1 Å². The molecule has 32 heavy (non-hydrogen) atoms. The number of hydrogen-bond acceptors (Lipinski definition) is 6. The van der Waals surface area contributed by atoms with E-state index in [1.165, 1.54) is 0 Å². The Kier molecular flexibility index (Phi) is 6.03. The number of rotatable bonds is 7. The molecule has 164 valence electrons. The van der Waals surface area contributed by atoms with Gasteiger partial charge >= 0.3 is 0 Å². The van der Waals surface area contributed by atoms with Crippen molar-refractivity contribution in [2.24, 2.45) is 0 Å². The summed E-state index contributed by atoms with van der Waals surface area (Å²) >= 11 is 0. The van der Waals surface area contributed by atoms with Gasteiger partial charge in [-0.1, -0.05) is 24.3 Å². The van der Waals surface area contributed by atoms with Crippen LogP contribution in [0.15, 0.2) is 60.4 Å². The Morgan fingerprint density at radius 1 is 0.875 bits per heavy atom. The summed E-state index contributed by atoms with van der Waals surface area (Å²) in [5.74, 6) is 2.67. The van der Waals surface area contributed by atoms with E-state index in [-0.39, 0.29) is 11.5 Å². The maximum Gasteiger partial charge on any atom is 0.231 e. The van der Waals surface area contributed by atoms with Crippen LogP contribution in [0.1, 0.15) is 27.0 Å². The van der Waals surface area contributed by atoms with Gasteiger partial charge < -0.3 is 23.7 Å². The van der Waals surface area contributed by atoms with Gasteiger partial charge in [0.2, 0.25) is 5.78 Å². The Balaban J connectivity index is 1.58. The lowest BCUT2D eigenvalue weighted by Gasteiger charge is -2.12. The summed E-state index contributed by atoms with van der Waals surface area (Å²) in [6, 6.07) is 16.7. The van der Waals surface area contributed by atoms with Crippen LogP contribution < -0.4 is 23.7 Å². The van der Waals surface area contributed by atoms with Crippen molar-refractivity contribution in [3.63, 3.8) is 0 Å². The average molecular weight is 432 g/mol. The Morgan fingerprint density at radius 2 is 1.59 bits per heavy atom. The second-order valence-corrected chi connectivity index (χ2v) is 7.26. The van der Waals surface area contributed by atoms with Crippen LogP contribution in [0.2, 0.25) is 0 Å². The molecule has 0 amide bonds. The lowest BCUT2D eigenvalue weighted by Crippen LogP contribution is -2.00. The molecule has 3 aromatic carbocycles. The Hall–Kier alpha value is -3.93. The number of Topliss-reactive ketones (excluding diaryl/α,β-unsaturated/α-hetero) is 1. The van der Waals surface area contributed by atoms with Gasteiger partial charge in [-0.25, -0.2) is 0 Å². The predicted octanol–water partition coefficient (Wildman–Crippen LogP) is 5.22. The predicted molar refractivity (Wildman–Crippen MR) is 121 cm³/mol. The summed E-state index contributed by atoms with van der Waals surface area (Å²) in [6.07, 6.45) is 1.64. The number of methoxy groups -OCH3 is 3.